The third kappa shape index (κ3) is 4.90. The molecule has 5 nitrogen and oxygen atoms in total. The van der Waals surface area contributed by atoms with Gasteiger partial charge in [0.15, 0.2) is 0 Å². The van der Waals surface area contributed by atoms with Crippen LogP contribution in [0.1, 0.15) is 25.7 Å². The maximum absolute atomic E-state index is 12.0. The molecule has 2 rings (SSSR count). The zero-order valence-corrected chi connectivity index (χ0v) is 11.9. The number of hydrogen-bond acceptors (Lipinski definition) is 3. The fraction of sp³-hybridized carbons (Fsp3) is 0.533. The highest BCUT2D eigenvalue weighted by Gasteiger charge is 2.31. The van der Waals surface area contributed by atoms with Crippen LogP contribution in [0, 0.1) is 0 Å². The number of amides is 2. The maximum Gasteiger partial charge on any atom is 0.319 e. The molecular weight excluding hydrogens is 275 g/mol. The van der Waals surface area contributed by atoms with Crippen molar-refractivity contribution in [2.24, 2.45) is 0 Å². The second-order valence-corrected chi connectivity index (χ2v) is 5.30. The minimum atomic E-state index is -0.774. The first-order valence-electron chi connectivity index (χ1n) is 7.17. The fourth-order valence-electron chi connectivity index (χ4n) is 2.45. The van der Waals surface area contributed by atoms with Gasteiger partial charge in [-0.3, -0.25) is 0 Å². The monoisotopic (exact) mass is 296 g/mol. The fourth-order valence-corrected chi connectivity index (χ4v) is 2.45. The van der Waals surface area contributed by atoms with Gasteiger partial charge in [0.25, 0.3) is 0 Å². The Morgan fingerprint density at radius 2 is 2.14 bits per heavy atom. The van der Waals surface area contributed by atoms with Gasteiger partial charge in [0.1, 0.15) is 19.0 Å². The van der Waals surface area contributed by atoms with Gasteiger partial charge >= 0.3 is 6.03 Å². The van der Waals surface area contributed by atoms with Crippen LogP contribution in [0.25, 0.3) is 0 Å². The van der Waals surface area contributed by atoms with Gasteiger partial charge in [0.05, 0.1) is 5.60 Å². The first kappa shape index (κ1) is 15.6. The van der Waals surface area contributed by atoms with Crippen molar-refractivity contribution in [2.75, 3.05) is 25.1 Å². The number of rotatable bonds is 6. The number of carbonyl (C=O) groups is 1. The Bertz CT molecular complexity index is 476. The number of benzene rings is 1. The van der Waals surface area contributed by atoms with Crippen LogP contribution in [-0.4, -0.2) is 36.6 Å². The predicted molar refractivity (Wildman–Crippen MR) is 78.4 cm³/mol. The number of urea groups is 1. The molecule has 1 aliphatic rings. The summed E-state index contributed by atoms with van der Waals surface area (Å²) in [6.07, 6.45) is 3.43. The first-order valence-corrected chi connectivity index (χ1v) is 7.17. The topological polar surface area (TPSA) is 70.6 Å². The van der Waals surface area contributed by atoms with Crippen molar-refractivity contribution in [1.29, 1.82) is 0 Å². The third-order valence-corrected chi connectivity index (χ3v) is 3.55. The largest absolute Gasteiger partial charge is 0.491 e. The average molecular weight is 296 g/mol. The van der Waals surface area contributed by atoms with Gasteiger partial charge in [-0.15, -0.1) is 0 Å². The van der Waals surface area contributed by atoms with E-state index in [-0.39, 0.29) is 19.2 Å². The highest BCUT2D eigenvalue weighted by molar-refractivity contribution is 5.89. The molecule has 1 aromatic rings. The molecule has 0 heterocycles. The Hall–Kier alpha value is -1.82. The standard InChI is InChI=1S/C15H21FN2O3/c16-8-9-21-13-5-3-4-12(10-13)18-14(19)17-11-15(20)6-1-2-7-15/h3-5,10,20H,1-2,6-9,11H2,(H2,17,18,19). The number of nitrogens with one attached hydrogen (secondary N) is 2. The lowest BCUT2D eigenvalue weighted by atomic mass is 10.0. The highest BCUT2D eigenvalue weighted by atomic mass is 19.1. The van der Waals surface area contributed by atoms with Crippen LogP contribution >= 0.6 is 0 Å². The van der Waals surface area contributed by atoms with Gasteiger partial charge < -0.3 is 20.5 Å². The molecule has 2 amide bonds. The first-order chi connectivity index (χ1) is 10.1. The summed E-state index contributed by atoms with van der Waals surface area (Å²) in [6.45, 7) is -0.323. The van der Waals surface area contributed by atoms with Crippen LogP contribution in [0.4, 0.5) is 14.9 Å². The Morgan fingerprint density at radius 1 is 1.38 bits per heavy atom. The smallest absolute Gasteiger partial charge is 0.319 e. The number of anilines is 1. The zero-order valence-electron chi connectivity index (χ0n) is 11.9. The summed E-state index contributed by atoms with van der Waals surface area (Å²) in [4.78, 5) is 11.8. The van der Waals surface area contributed by atoms with Crippen LogP contribution in [0.3, 0.4) is 0 Å². The summed E-state index contributed by atoms with van der Waals surface area (Å²) in [5, 5.41) is 15.5. The second kappa shape index (κ2) is 7.26. The molecular formula is C15H21FN2O3. The van der Waals surface area contributed by atoms with E-state index in [0.29, 0.717) is 11.4 Å². The number of aliphatic hydroxyl groups is 1. The van der Waals surface area contributed by atoms with Gasteiger partial charge in [0, 0.05) is 18.3 Å². The molecule has 0 aliphatic heterocycles. The van der Waals surface area contributed by atoms with Crippen LogP contribution in [0.15, 0.2) is 24.3 Å². The Kier molecular flexibility index (Phi) is 5.38. The van der Waals surface area contributed by atoms with E-state index in [4.69, 9.17) is 4.74 Å². The minimum Gasteiger partial charge on any atom is -0.491 e. The van der Waals surface area contributed by atoms with Crippen molar-refractivity contribution in [1.82, 2.24) is 5.32 Å². The second-order valence-electron chi connectivity index (χ2n) is 5.30. The quantitative estimate of drug-likeness (QED) is 0.755. The third-order valence-electron chi connectivity index (χ3n) is 3.55. The van der Waals surface area contributed by atoms with Gasteiger partial charge in [-0.25, -0.2) is 9.18 Å². The number of carbonyl (C=O) groups excluding carboxylic acids is 1. The zero-order chi connectivity index (χ0) is 15.1. The molecule has 0 saturated heterocycles. The van der Waals surface area contributed by atoms with E-state index in [2.05, 4.69) is 10.6 Å². The van der Waals surface area contributed by atoms with Gasteiger partial charge in [-0.1, -0.05) is 18.9 Å². The van der Waals surface area contributed by atoms with Crippen LogP contribution in [0.5, 0.6) is 5.75 Å². The van der Waals surface area contributed by atoms with E-state index >= 15 is 0 Å². The van der Waals surface area contributed by atoms with Crippen LogP contribution in [-0.2, 0) is 0 Å². The SMILES string of the molecule is O=C(NCC1(O)CCCC1)Nc1cccc(OCCF)c1. The Morgan fingerprint density at radius 3 is 2.86 bits per heavy atom. The highest BCUT2D eigenvalue weighted by Crippen LogP contribution is 2.28. The normalized spacial score (nSPS) is 16.5. The van der Waals surface area contributed by atoms with E-state index < -0.39 is 12.3 Å². The number of halogens is 1. The summed E-state index contributed by atoms with van der Waals surface area (Å²) >= 11 is 0. The molecule has 21 heavy (non-hydrogen) atoms. The Balaban J connectivity index is 1.81. The maximum atomic E-state index is 12.0. The molecule has 116 valence electrons. The molecule has 0 aromatic heterocycles. The number of hydrogen-bond donors (Lipinski definition) is 3. The van der Waals surface area contributed by atoms with E-state index in [1.165, 1.54) is 0 Å². The molecule has 0 atom stereocenters. The molecule has 0 unspecified atom stereocenters. The van der Waals surface area contributed by atoms with Gasteiger partial charge in [0.2, 0.25) is 0 Å². The van der Waals surface area contributed by atoms with Crippen molar-refractivity contribution in [3.63, 3.8) is 0 Å². The molecule has 0 radical (unpaired) electrons. The van der Waals surface area contributed by atoms with E-state index in [9.17, 15) is 14.3 Å². The van der Waals surface area contributed by atoms with Crippen molar-refractivity contribution in [3.8, 4) is 5.75 Å². The lowest BCUT2D eigenvalue weighted by Gasteiger charge is -2.22. The molecule has 0 spiro atoms. The van der Waals surface area contributed by atoms with Crippen molar-refractivity contribution < 1.29 is 19.0 Å². The predicted octanol–water partition coefficient (Wildman–Crippen LogP) is 2.46. The lowest BCUT2D eigenvalue weighted by molar-refractivity contribution is 0.0506. The molecule has 0 bridgehead atoms. The van der Waals surface area contributed by atoms with E-state index in [1.807, 2.05) is 0 Å². The summed E-state index contributed by atoms with van der Waals surface area (Å²) in [5.74, 6) is 0.500. The molecule has 1 fully saturated rings. The van der Waals surface area contributed by atoms with E-state index in [0.717, 1.165) is 25.7 Å². The number of ether oxygens (including phenoxy) is 1. The molecule has 1 aliphatic carbocycles. The van der Waals surface area contributed by atoms with Crippen LogP contribution in [0.2, 0.25) is 0 Å². The molecule has 1 saturated carbocycles. The minimum absolute atomic E-state index is 0.0112. The van der Waals surface area contributed by atoms with Crippen molar-refractivity contribution >= 4 is 11.7 Å². The lowest BCUT2D eigenvalue weighted by Crippen LogP contribution is -2.42. The summed E-state index contributed by atoms with van der Waals surface area (Å²) < 4.78 is 17.2. The summed E-state index contributed by atoms with van der Waals surface area (Å²) in [7, 11) is 0. The summed E-state index contributed by atoms with van der Waals surface area (Å²) in [5.41, 5.74) is -0.217. The van der Waals surface area contributed by atoms with Crippen molar-refractivity contribution in [3.05, 3.63) is 24.3 Å². The van der Waals surface area contributed by atoms with E-state index in [1.54, 1.807) is 24.3 Å². The molecule has 1 aromatic carbocycles. The average Bonchev–Trinajstić information content (AvgIpc) is 2.91. The number of alkyl halides is 1. The Labute approximate surface area is 123 Å². The summed E-state index contributed by atoms with van der Waals surface area (Å²) in [6, 6.07) is 6.37. The van der Waals surface area contributed by atoms with Crippen LogP contribution < -0.4 is 15.4 Å². The molecule has 3 N–H and O–H groups in total. The molecule has 6 heteroatoms. The van der Waals surface area contributed by atoms with Gasteiger partial charge in [-0.05, 0) is 25.0 Å². The van der Waals surface area contributed by atoms with Gasteiger partial charge in [-0.2, -0.15) is 0 Å². The van der Waals surface area contributed by atoms with Crippen molar-refractivity contribution in [2.45, 2.75) is 31.3 Å².